The third-order valence-electron chi connectivity index (χ3n) is 3.57. The summed E-state index contributed by atoms with van der Waals surface area (Å²) in [5.74, 6) is 0.393. The van der Waals surface area contributed by atoms with Crippen molar-refractivity contribution in [3.63, 3.8) is 0 Å². The third kappa shape index (κ3) is 3.46. The molecule has 0 radical (unpaired) electrons. The Kier molecular flexibility index (Phi) is 4.65. The van der Waals surface area contributed by atoms with Gasteiger partial charge >= 0.3 is 0 Å². The van der Waals surface area contributed by atoms with E-state index in [4.69, 9.17) is 0 Å². The maximum atomic E-state index is 9.85. The van der Waals surface area contributed by atoms with Crippen LogP contribution in [0.1, 0.15) is 19.4 Å². The summed E-state index contributed by atoms with van der Waals surface area (Å²) in [5, 5.41) is 9.85. The van der Waals surface area contributed by atoms with E-state index < -0.39 is 0 Å². The number of hydrogen-bond donors (Lipinski definition) is 1. The number of halogens is 1. The van der Waals surface area contributed by atoms with Crippen molar-refractivity contribution in [2.45, 2.75) is 26.4 Å². The normalized spacial score (nSPS) is 18.4. The average Bonchev–Trinajstić information content (AvgIpc) is 2.34. The number of benzene rings is 1. The van der Waals surface area contributed by atoms with Gasteiger partial charge in [0.1, 0.15) is 5.75 Å². The van der Waals surface area contributed by atoms with Crippen LogP contribution in [-0.2, 0) is 6.54 Å². The topological polar surface area (TPSA) is 26.7 Å². The molecule has 0 atom stereocenters. The Labute approximate surface area is 118 Å². The molecule has 0 amide bonds. The number of aromatic hydroxyl groups is 1. The van der Waals surface area contributed by atoms with Gasteiger partial charge in [0.05, 0.1) is 0 Å². The van der Waals surface area contributed by atoms with Crippen molar-refractivity contribution in [1.29, 1.82) is 0 Å². The van der Waals surface area contributed by atoms with Crippen LogP contribution in [0, 0.1) is 0 Å². The van der Waals surface area contributed by atoms with Crippen molar-refractivity contribution in [1.82, 2.24) is 9.80 Å². The molecule has 0 bridgehead atoms. The molecule has 0 unspecified atom stereocenters. The Balaban J connectivity index is 1.93. The fourth-order valence-electron chi connectivity index (χ4n) is 2.36. The van der Waals surface area contributed by atoms with Crippen LogP contribution in [0.25, 0.3) is 0 Å². The Bertz CT molecular complexity index is 401. The average molecular weight is 313 g/mol. The predicted molar refractivity (Wildman–Crippen MR) is 77.8 cm³/mol. The first-order valence-corrected chi connectivity index (χ1v) is 7.29. The molecule has 1 aromatic rings. The first-order chi connectivity index (χ1) is 8.56. The van der Waals surface area contributed by atoms with Crippen LogP contribution in [0.3, 0.4) is 0 Å². The van der Waals surface area contributed by atoms with Crippen molar-refractivity contribution in [3.8, 4) is 5.75 Å². The molecule has 0 saturated carbocycles. The van der Waals surface area contributed by atoms with Crippen molar-refractivity contribution in [2.75, 3.05) is 26.2 Å². The van der Waals surface area contributed by atoms with E-state index in [0.717, 1.165) is 42.8 Å². The van der Waals surface area contributed by atoms with Crippen LogP contribution in [0.15, 0.2) is 22.7 Å². The molecule has 1 heterocycles. The monoisotopic (exact) mass is 312 g/mol. The number of phenols is 1. The van der Waals surface area contributed by atoms with Crippen molar-refractivity contribution < 1.29 is 5.11 Å². The number of piperazine rings is 1. The van der Waals surface area contributed by atoms with Gasteiger partial charge in [-0.1, -0.05) is 15.9 Å². The maximum Gasteiger partial charge on any atom is 0.120 e. The molecule has 1 aliphatic rings. The maximum absolute atomic E-state index is 9.85. The van der Waals surface area contributed by atoms with Crippen LogP contribution in [0.4, 0.5) is 0 Å². The summed E-state index contributed by atoms with van der Waals surface area (Å²) in [4.78, 5) is 4.90. The van der Waals surface area contributed by atoms with E-state index in [1.54, 1.807) is 6.07 Å². The van der Waals surface area contributed by atoms with E-state index in [0.29, 0.717) is 11.8 Å². The van der Waals surface area contributed by atoms with Gasteiger partial charge in [0.15, 0.2) is 0 Å². The van der Waals surface area contributed by atoms with Gasteiger partial charge in [0, 0.05) is 48.8 Å². The second kappa shape index (κ2) is 6.04. The lowest BCUT2D eigenvalue weighted by atomic mass is 10.1. The Morgan fingerprint density at radius 1 is 1.22 bits per heavy atom. The zero-order chi connectivity index (χ0) is 13.1. The van der Waals surface area contributed by atoms with Crippen molar-refractivity contribution in [2.24, 2.45) is 0 Å². The summed E-state index contributed by atoms with van der Waals surface area (Å²) in [7, 11) is 0. The van der Waals surface area contributed by atoms with Crippen molar-refractivity contribution >= 4 is 15.9 Å². The van der Waals surface area contributed by atoms with Crippen molar-refractivity contribution in [3.05, 3.63) is 28.2 Å². The fourth-order valence-corrected chi connectivity index (χ4v) is 2.77. The smallest absolute Gasteiger partial charge is 0.120 e. The molecule has 1 fully saturated rings. The van der Waals surface area contributed by atoms with E-state index >= 15 is 0 Å². The standard InChI is InChI=1S/C14H21BrN2O/c1-11(2)17-7-5-16(6-8-17)10-12-9-13(15)3-4-14(12)18/h3-4,9,11,18H,5-8,10H2,1-2H3. The van der Waals surface area contributed by atoms with Gasteiger partial charge in [0.2, 0.25) is 0 Å². The van der Waals surface area contributed by atoms with E-state index in [9.17, 15) is 5.11 Å². The van der Waals surface area contributed by atoms with Crippen LogP contribution < -0.4 is 0 Å². The van der Waals surface area contributed by atoms with Gasteiger partial charge < -0.3 is 5.11 Å². The summed E-state index contributed by atoms with van der Waals surface area (Å²) in [5.41, 5.74) is 1.00. The molecule has 1 N–H and O–H groups in total. The molecule has 3 nitrogen and oxygen atoms in total. The summed E-state index contributed by atoms with van der Waals surface area (Å²) in [6, 6.07) is 6.26. The minimum absolute atomic E-state index is 0.393. The van der Waals surface area contributed by atoms with E-state index in [1.165, 1.54) is 0 Å². The van der Waals surface area contributed by atoms with Crippen LogP contribution >= 0.6 is 15.9 Å². The first-order valence-electron chi connectivity index (χ1n) is 6.50. The lowest BCUT2D eigenvalue weighted by Crippen LogP contribution is -2.48. The SMILES string of the molecule is CC(C)N1CCN(Cc2cc(Br)ccc2O)CC1. The third-order valence-corrected chi connectivity index (χ3v) is 4.07. The van der Waals surface area contributed by atoms with Crippen LogP contribution in [-0.4, -0.2) is 47.1 Å². The van der Waals surface area contributed by atoms with Gasteiger partial charge in [-0.15, -0.1) is 0 Å². The van der Waals surface area contributed by atoms with Gasteiger partial charge in [-0.3, -0.25) is 9.80 Å². The molecule has 0 aromatic heterocycles. The Morgan fingerprint density at radius 3 is 2.50 bits per heavy atom. The summed E-state index contributed by atoms with van der Waals surface area (Å²) in [6.45, 7) is 9.70. The van der Waals surface area contributed by atoms with Crippen LogP contribution in [0.2, 0.25) is 0 Å². The molecule has 4 heteroatoms. The number of phenolic OH excluding ortho intramolecular Hbond substituents is 1. The molecule has 0 aliphatic carbocycles. The largest absolute Gasteiger partial charge is 0.508 e. The Hall–Kier alpha value is -0.580. The molecule has 2 rings (SSSR count). The van der Waals surface area contributed by atoms with E-state index in [2.05, 4.69) is 39.6 Å². The minimum Gasteiger partial charge on any atom is -0.508 e. The first kappa shape index (κ1) is 13.8. The molecule has 1 aromatic carbocycles. The predicted octanol–water partition coefficient (Wildman–Crippen LogP) is 2.68. The highest BCUT2D eigenvalue weighted by Gasteiger charge is 2.19. The highest BCUT2D eigenvalue weighted by molar-refractivity contribution is 9.10. The number of hydrogen-bond acceptors (Lipinski definition) is 3. The molecule has 100 valence electrons. The van der Waals surface area contributed by atoms with E-state index in [-0.39, 0.29) is 0 Å². The zero-order valence-corrected chi connectivity index (χ0v) is 12.7. The highest BCUT2D eigenvalue weighted by Crippen LogP contribution is 2.23. The summed E-state index contributed by atoms with van der Waals surface area (Å²) < 4.78 is 1.02. The van der Waals surface area contributed by atoms with Gasteiger partial charge in [0.25, 0.3) is 0 Å². The lowest BCUT2D eigenvalue weighted by molar-refractivity contribution is 0.103. The molecule has 1 aliphatic heterocycles. The van der Waals surface area contributed by atoms with Gasteiger partial charge in [-0.2, -0.15) is 0 Å². The number of nitrogens with zero attached hydrogens (tertiary/aromatic N) is 2. The molecule has 0 spiro atoms. The molecule has 18 heavy (non-hydrogen) atoms. The van der Waals surface area contributed by atoms with Gasteiger partial charge in [-0.05, 0) is 32.0 Å². The van der Waals surface area contributed by atoms with Gasteiger partial charge in [-0.25, -0.2) is 0 Å². The second-order valence-corrected chi connectivity index (χ2v) is 6.09. The second-order valence-electron chi connectivity index (χ2n) is 5.18. The zero-order valence-electron chi connectivity index (χ0n) is 11.1. The lowest BCUT2D eigenvalue weighted by Gasteiger charge is -2.37. The highest BCUT2D eigenvalue weighted by atomic mass is 79.9. The number of rotatable bonds is 3. The quantitative estimate of drug-likeness (QED) is 0.929. The molecule has 1 saturated heterocycles. The summed E-state index contributed by atoms with van der Waals surface area (Å²) >= 11 is 3.45. The summed E-state index contributed by atoms with van der Waals surface area (Å²) in [6.07, 6.45) is 0. The fraction of sp³-hybridized carbons (Fsp3) is 0.571. The molecular weight excluding hydrogens is 292 g/mol. The van der Waals surface area contributed by atoms with E-state index in [1.807, 2.05) is 12.1 Å². The Morgan fingerprint density at radius 2 is 1.89 bits per heavy atom. The molecular formula is C14H21BrN2O. The van der Waals surface area contributed by atoms with Crippen LogP contribution in [0.5, 0.6) is 5.75 Å². The minimum atomic E-state index is 0.393.